The van der Waals surface area contributed by atoms with E-state index in [1.54, 1.807) is 36.5 Å². The first-order valence-corrected chi connectivity index (χ1v) is 11.7. The number of hydrogen-bond acceptors (Lipinski definition) is 6. The number of pyridine rings is 1. The lowest BCUT2D eigenvalue weighted by Gasteiger charge is -2.22. The Labute approximate surface area is 213 Å². The van der Waals surface area contributed by atoms with E-state index >= 15 is 0 Å². The summed E-state index contributed by atoms with van der Waals surface area (Å²) < 4.78 is 18.8. The zero-order chi connectivity index (χ0) is 26.4. The van der Waals surface area contributed by atoms with Gasteiger partial charge in [0.25, 0.3) is 5.91 Å². The number of ether oxygens (including phenoxy) is 1. The Morgan fingerprint density at radius 2 is 1.73 bits per heavy atom. The summed E-state index contributed by atoms with van der Waals surface area (Å²) in [6, 6.07) is 17.5. The standard InChI is InChI=1S/C28H27FN4O4/c1-28(2,36)27(35)33-25(14-21-16-30-17-31-21)26(34)15-20-4-3-5-24(32-20)18-6-10-22(11-7-18)37-23-12-8-19(29)9-13-23/h3-13,16-17,25,36H,14-15H2,1-2H3,(H,30,31)(H,33,35)/t25-/m0/s1. The SMILES string of the molecule is CC(C)(O)C(=O)N[C@@H](Cc1cnc[nH]1)C(=O)Cc1cccc(-c2ccc(Oc3ccc(F)cc3)cc2)n1. The molecule has 1 amide bonds. The Morgan fingerprint density at radius 3 is 2.35 bits per heavy atom. The zero-order valence-corrected chi connectivity index (χ0v) is 20.4. The molecule has 0 aliphatic carbocycles. The second-order valence-corrected chi connectivity index (χ2v) is 9.10. The minimum Gasteiger partial charge on any atom is -0.457 e. The van der Waals surface area contributed by atoms with Gasteiger partial charge in [0.2, 0.25) is 0 Å². The molecule has 1 atom stereocenters. The van der Waals surface area contributed by atoms with E-state index in [-0.39, 0.29) is 24.4 Å². The number of ketones is 1. The van der Waals surface area contributed by atoms with Gasteiger partial charge in [-0.3, -0.25) is 14.6 Å². The third-order valence-corrected chi connectivity index (χ3v) is 5.59. The highest BCUT2D eigenvalue weighted by Crippen LogP contribution is 2.25. The minimum absolute atomic E-state index is 0.00938. The Balaban J connectivity index is 1.46. The van der Waals surface area contributed by atoms with E-state index in [4.69, 9.17) is 4.74 Å². The van der Waals surface area contributed by atoms with Crippen molar-refractivity contribution >= 4 is 11.7 Å². The van der Waals surface area contributed by atoms with Crippen molar-refractivity contribution in [2.75, 3.05) is 0 Å². The molecule has 190 valence electrons. The van der Waals surface area contributed by atoms with E-state index in [0.29, 0.717) is 28.6 Å². The van der Waals surface area contributed by atoms with Gasteiger partial charge < -0.3 is 20.1 Å². The Morgan fingerprint density at radius 1 is 1.05 bits per heavy atom. The van der Waals surface area contributed by atoms with Gasteiger partial charge in [-0.2, -0.15) is 0 Å². The molecule has 0 fully saturated rings. The number of hydrogen-bond donors (Lipinski definition) is 3. The molecule has 9 heteroatoms. The number of benzene rings is 2. The van der Waals surface area contributed by atoms with Crippen LogP contribution in [-0.2, 0) is 22.4 Å². The number of H-pyrrole nitrogens is 1. The van der Waals surface area contributed by atoms with E-state index in [2.05, 4.69) is 20.3 Å². The molecule has 0 aliphatic rings. The summed E-state index contributed by atoms with van der Waals surface area (Å²) in [6.07, 6.45) is 3.27. The number of halogens is 1. The summed E-state index contributed by atoms with van der Waals surface area (Å²) in [6.45, 7) is 2.72. The van der Waals surface area contributed by atoms with Crippen LogP contribution in [0.4, 0.5) is 4.39 Å². The number of aromatic nitrogens is 3. The van der Waals surface area contributed by atoms with Crippen LogP contribution < -0.4 is 10.1 Å². The summed E-state index contributed by atoms with van der Waals surface area (Å²) in [5.74, 6) is -0.116. The molecular formula is C28H27FN4O4. The van der Waals surface area contributed by atoms with Gasteiger partial charge in [0.05, 0.1) is 24.5 Å². The van der Waals surface area contributed by atoms with E-state index in [1.807, 2.05) is 24.3 Å². The number of amides is 1. The summed E-state index contributed by atoms with van der Waals surface area (Å²) in [7, 11) is 0. The van der Waals surface area contributed by atoms with Crippen LogP contribution in [0.5, 0.6) is 11.5 Å². The highest BCUT2D eigenvalue weighted by atomic mass is 19.1. The van der Waals surface area contributed by atoms with Crippen molar-refractivity contribution < 1.29 is 23.8 Å². The molecule has 2 aromatic heterocycles. The van der Waals surface area contributed by atoms with Crippen molar-refractivity contribution in [3.63, 3.8) is 0 Å². The predicted molar refractivity (Wildman–Crippen MR) is 135 cm³/mol. The van der Waals surface area contributed by atoms with E-state index < -0.39 is 17.6 Å². The number of aliphatic hydroxyl groups is 1. The summed E-state index contributed by atoms with van der Waals surface area (Å²) in [5, 5.41) is 12.7. The third kappa shape index (κ3) is 7.08. The molecule has 0 saturated carbocycles. The quantitative estimate of drug-likeness (QED) is 0.302. The maximum atomic E-state index is 13.2. The van der Waals surface area contributed by atoms with E-state index in [9.17, 15) is 19.1 Å². The van der Waals surface area contributed by atoms with Crippen LogP contribution in [0.3, 0.4) is 0 Å². The average Bonchev–Trinajstić information content (AvgIpc) is 3.38. The highest BCUT2D eigenvalue weighted by molar-refractivity contribution is 5.92. The molecule has 0 bridgehead atoms. The molecule has 4 rings (SSSR count). The van der Waals surface area contributed by atoms with E-state index in [0.717, 1.165) is 5.56 Å². The largest absolute Gasteiger partial charge is 0.457 e. The number of aromatic amines is 1. The van der Waals surface area contributed by atoms with Crippen LogP contribution >= 0.6 is 0 Å². The Bertz CT molecular complexity index is 1350. The van der Waals surface area contributed by atoms with Gasteiger partial charge in [0.1, 0.15) is 22.9 Å². The molecule has 37 heavy (non-hydrogen) atoms. The maximum Gasteiger partial charge on any atom is 0.251 e. The van der Waals surface area contributed by atoms with Gasteiger partial charge in [0.15, 0.2) is 5.78 Å². The number of carbonyl (C=O) groups excluding carboxylic acids is 2. The monoisotopic (exact) mass is 502 g/mol. The smallest absolute Gasteiger partial charge is 0.251 e. The second-order valence-electron chi connectivity index (χ2n) is 9.10. The molecular weight excluding hydrogens is 475 g/mol. The van der Waals surface area contributed by atoms with Crippen molar-refractivity contribution in [3.05, 3.63) is 96.5 Å². The van der Waals surface area contributed by atoms with Crippen LogP contribution in [0.2, 0.25) is 0 Å². The van der Waals surface area contributed by atoms with Crippen molar-refractivity contribution in [1.29, 1.82) is 0 Å². The number of nitrogens with zero attached hydrogens (tertiary/aromatic N) is 2. The molecule has 0 spiro atoms. The second kappa shape index (κ2) is 11.1. The number of imidazole rings is 1. The number of carbonyl (C=O) groups is 2. The lowest BCUT2D eigenvalue weighted by Crippen LogP contribution is -2.50. The van der Waals surface area contributed by atoms with Crippen LogP contribution in [0, 0.1) is 5.82 Å². The van der Waals surface area contributed by atoms with Crippen molar-refractivity contribution in [1.82, 2.24) is 20.3 Å². The fraction of sp³-hybridized carbons (Fsp3) is 0.214. The summed E-state index contributed by atoms with van der Waals surface area (Å²) in [5.41, 5.74) is 1.09. The first-order chi connectivity index (χ1) is 17.7. The van der Waals surface area contributed by atoms with Crippen LogP contribution in [-0.4, -0.2) is 43.4 Å². The van der Waals surface area contributed by atoms with Gasteiger partial charge in [-0.25, -0.2) is 9.37 Å². The average molecular weight is 503 g/mol. The predicted octanol–water partition coefficient (Wildman–Crippen LogP) is 4.01. The van der Waals surface area contributed by atoms with E-state index in [1.165, 1.54) is 32.3 Å². The summed E-state index contributed by atoms with van der Waals surface area (Å²) >= 11 is 0. The van der Waals surface area contributed by atoms with Gasteiger partial charge in [-0.1, -0.05) is 6.07 Å². The zero-order valence-electron chi connectivity index (χ0n) is 20.4. The molecule has 0 unspecified atom stereocenters. The number of rotatable bonds is 10. The van der Waals surface area contributed by atoms with Crippen LogP contribution in [0.1, 0.15) is 25.2 Å². The maximum absolute atomic E-state index is 13.2. The minimum atomic E-state index is -1.63. The van der Waals surface area contributed by atoms with Gasteiger partial charge in [0, 0.05) is 29.6 Å². The first-order valence-electron chi connectivity index (χ1n) is 11.7. The van der Waals surface area contributed by atoms with Crippen molar-refractivity contribution in [2.45, 2.75) is 38.3 Å². The molecule has 0 radical (unpaired) electrons. The molecule has 2 heterocycles. The van der Waals surface area contributed by atoms with Crippen LogP contribution in [0.15, 0.2) is 79.3 Å². The topological polar surface area (TPSA) is 117 Å². The molecule has 0 saturated heterocycles. The van der Waals surface area contributed by atoms with Gasteiger partial charge >= 0.3 is 0 Å². The lowest BCUT2D eigenvalue weighted by molar-refractivity contribution is -0.139. The fourth-order valence-corrected chi connectivity index (χ4v) is 3.57. The highest BCUT2D eigenvalue weighted by Gasteiger charge is 2.29. The Hall–Kier alpha value is -4.37. The van der Waals surface area contributed by atoms with Gasteiger partial charge in [-0.05, 0) is 74.5 Å². The lowest BCUT2D eigenvalue weighted by atomic mass is 10.0. The molecule has 2 aromatic carbocycles. The van der Waals surface area contributed by atoms with Crippen LogP contribution in [0.25, 0.3) is 11.3 Å². The van der Waals surface area contributed by atoms with Crippen molar-refractivity contribution in [2.24, 2.45) is 0 Å². The number of Topliss-reactive ketones (excluding diaryl/α,β-unsaturated/α-hetero) is 1. The molecule has 0 aliphatic heterocycles. The molecule has 3 N–H and O–H groups in total. The van der Waals surface area contributed by atoms with Crippen molar-refractivity contribution in [3.8, 4) is 22.8 Å². The normalized spacial score (nSPS) is 12.1. The summed E-state index contributed by atoms with van der Waals surface area (Å²) in [4.78, 5) is 37.1. The third-order valence-electron chi connectivity index (χ3n) is 5.59. The molecule has 8 nitrogen and oxygen atoms in total. The Kier molecular flexibility index (Phi) is 7.74. The van der Waals surface area contributed by atoms with Gasteiger partial charge in [-0.15, -0.1) is 0 Å². The first kappa shape index (κ1) is 25.7. The number of nitrogens with one attached hydrogen (secondary N) is 2. The fourth-order valence-electron chi connectivity index (χ4n) is 3.57. The molecule has 4 aromatic rings.